The van der Waals surface area contributed by atoms with Crippen LogP contribution in [0.2, 0.25) is 0 Å². The molecule has 21 heavy (non-hydrogen) atoms. The summed E-state index contributed by atoms with van der Waals surface area (Å²) in [5.41, 5.74) is 1.03. The zero-order chi connectivity index (χ0) is 15.5. The van der Waals surface area contributed by atoms with Gasteiger partial charge in [-0.05, 0) is 25.6 Å². The summed E-state index contributed by atoms with van der Waals surface area (Å²) < 4.78 is 16.1. The third-order valence-corrected chi connectivity index (χ3v) is 3.10. The van der Waals surface area contributed by atoms with Gasteiger partial charge in [0, 0.05) is 18.7 Å². The number of rotatable bonds is 11. The van der Waals surface area contributed by atoms with Crippen LogP contribution >= 0.6 is 0 Å². The smallest absolute Gasteiger partial charge is 0.203 e. The number of hydrogen-bond donors (Lipinski definition) is 3. The van der Waals surface area contributed by atoms with Crippen molar-refractivity contribution in [2.24, 2.45) is 0 Å². The van der Waals surface area contributed by atoms with Crippen molar-refractivity contribution in [3.63, 3.8) is 0 Å². The molecule has 3 N–H and O–H groups in total. The van der Waals surface area contributed by atoms with E-state index in [4.69, 9.17) is 19.3 Å². The second-order valence-corrected chi connectivity index (χ2v) is 4.50. The number of aliphatic hydroxyl groups is 1. The van der Waals surface area contributed by atoms with E-state index in [2.05, 4.69) is 10.6 Å². The molecule has 1 aromatic rings. The first-order chi connectivity index (χ1) is 10.3. The number of hydrogen-bond acceptors (Lipinski definition) is 6. The molecule has 0 spiro atoms. The third kappa shape index (κ3) is 5.41. The quantitative estimate of drug-likeness (QED) is 0.524. The minimum Gasteiger partial charge on any atom is -0.493 e. The topological polar surface area (TPSA) is 72.0 Å². The molecule has 0 unspecified atom stereocenters. The summed E-state index contributed by atoms with van der Waals surface area (Å²) in [6.45, 7) is 3.29. The summed E-state index contributed by atoms with van der Waals surface area (Å²) in [5, 5.41) is 15.2. The molecular formula is C15H26N2O4. The number of aliphatic hydroxyl groups excluding tert-OH is 1. The summed E-state index contributed by atoms with van der Waals surface area (Å²) in [6, 6.07) is 3.85. The van der Waals surface area contributed by atoms with Gasteiger partial charge in [-0.2, -0.15) is 0 Å². The predicted molar refractivity (Wildman–Crippen MR) is 82.4 cm³/mol. The largest absolute Gasteiger partial charge is 0.493 e. The lowest BCUT2D eigenvalue weighted by Gasteiger charge is -2.16. The van der Waals surface area contributed by atoms with Gasteiger partial charge in [0.15, 0.2) is 11.5 Å². The summed E-state index contributed by atoms with van der Waals surface area (Å²) in [4.78, 5) is 0. The molecule has 0 aromatic heterocycles. The Bertz CT molecular complexity index is 413. The molecule has 6 nitrogen and oxygen atoms in total. The first kappa shape index (κ1) is 17.6. The molecule has 0 aliphatic heterocycles. The fraction of sp³-hybridized carbons (Fsp3) is 0.600. The molecule has 0 saturated heterocycles. The van der Waals surface area contributed by atoms with Gasteiger partial charge in [0.2, 0.25) is 5.75 Å². The van der Waals surface area contributed by atoms with E-state index in [0.717, 1.165) is 25.1 Å². The van der Waals surface area contributed by atoms with Gasteiger partial charge in [0.25, 0.3) is 0 Å². The van der Waals surface area contributed by atoms with E-state index in [1.165, 1.54) is 0 Å². The van der Waals surface area contributed by atoms with Crippen LogP contribution in [-0.2, 0) is 6.54 Å². The van der Waals surface area contributed by atoms with E-state index in [0.29, 0.717) is 30.3 Å². The second kappa shape index (κ2) is 10.3. The maximum atomic E-state index is 8.65. The Morgan fingerprint density at radius 1 is 0.905 bits per heavy atom. The number of methoxy groups -OCH3 is 3. The van der Waals surface area contributed by atoms with E-state index < -0.39 is 0 Å². The molecular weight excluding hydrogens is 272 g/mol. The van der Waals surface area contributed by atoms with Crippen molar-refractivity contribution >= 4 is 0 Å². The minimum absolute atomic E-state index is 0.177. The summed E-state index contributed by atoms with van der Waals surface area (Å²) >= 11 is 0. The molecule has 120 valence electrons. The van der Waals surface area contributed by atoms with Crippen LogP contribution < -0.4 is 24.8 Å². The zero-order valence-corrected chi connectivity index (χ0v) is 13.1. The Labute approximate surface area is 126 Å². The van der Waals surface area contributed by atoms with Crippen LogP contribution in [0.15, 0.2) is 12.1 Å². The normalized spacial score (nSPS) is 10.5. The fourth-order valence-corrected chi connectivity index (χ4v) is 2.07. The molecule has 1 aromatic carbocycles. The standard InChI is InChI=1S/C15H26N2O4/c1-19-13-6-5-12(14(20-2)15(13)21-3)11-17-8-4-7-16-9-10-18/h5-6,16-18H,4,7-11H2,1-3H3. The van der Waals surface area contributed by atoms with Gasteiger partial charge < -0.3 is 30.0 Å². The molecule has 0 atom stereocenters. The maximum absolute atomic E-state index is 8.65. The molecule has 0 radical (unpaired) electrons. The Morgan fingerprint density at radius 3 is 2.24 bits per heavy atom. The van der Waals surface area contributed by atoms with Crippen molar-refractivity contribution in [2.75, 3.05) is 47.6 Å². The predicted octanol–water partition coefficient (Wildman–Crippen LogP) is 0.774. The van der Waals surface area contributed by atoms with Gasteiger partial charge in [-0.1, -0.05) is 6.07 Å². The lowest BCUT2D eigenvalue weighted by molar-refractivity contribution is 0.292. The van der Waals surface area contributed by atoms with Crippen molar-refractivity contribution in [3.8, 4) is 17.2 Å². The van der Waals surface area contributed by atoms with Crippen molar-refractivity contribution in [1.82, 2.24) is 10.6 Å². The van der Waals surface area contributed by atoms with Gasteiger partial charge in [0.05, 0.1) is 27.9 Å². The molecule has 0 amide bonds. The van der Waals surface area contributed by atoms with Crippen LogP contribution in [-0.4, -0.2) is 52.7 Å². The van der Waals surface area contributed by atoms with Crippen molar-refractivity contribution in [3.05, 3.63) is 17.7 Å². The highest BCUT2D eigenvalue weighted by Crippen LogP contribution is 2.39. The van der Waals surface area contributed by atoms with Crippen LogP contribution in [0.5, 0.6) is 17.2 Å². The van der Waals surface area contributed by atoms with Crippen molar-refractivity contribution in [1.29, 1.82) is 0 Å². The highest BCUT2D eigenvalue weighted by Gasteiger charge is 2.15. The van der Waals surface area contributed by atoms with Gasteiger partial charge in [-0.3, -0.25) is 0 Å². The van der Waals surface area contributed by atoms with Gasteiger partial charge in [-0.15, -0.1) is 0 Å². The van der Waals surface area contributed by atoms with E-state index >= 15 is 0 Å². The Balaban J connectivity index is 2.51. The van der Waals surface area contributed by atoms with Gasteiger partial charge >= 0.3 is 0 Å². The van der Waals surface area contributed by atoms with Crippen LogP contribution in [0.1, 0.15) is 12.0 Å². The Morgan fingerprint density at radius 2 is 1.62 bits per heavy atom. The van der Waals surface area contributed by atoms with Crippen LogP contribution in [0.25, 0.3) is 0 Å². The highest BCUT2D eigenvalue weighted by atomic mass is 16.5. The van der Waals surface area contributed by atoms with E-state index in [1.54, 1.807) is 21.3 Å². The number of benzene rings is 1. The lowest BCUT2D eigenvalue weighted by atomic mass is 10.1. The average Bonchev–Trinajstić information content (AvgIpc) is 2.52. The zero-order valence-electron chi connectivity index (χ0n) is 13.1. The summed E-state index contributed by atoms with van der Waals surface area (Å²) in [5.74, 6) is 1.97. The minimum atomic E-state index is 0.177. The Hall–Kier alpha value is -1.50. The average molecular weight is 298 g/mol. The van der Waals surface area contributed by atoms with Gasteiger partial charge in [-0.25, -0.2) is 0 Å². The monoisotopic (exact) mass is 298 g/mol. The third-order valence-electron chi connectivity index (χ3n) is 3.10. The van der Waals surface area contributed by atoms with Crippen molar-refractivity contribution in [2.45, 2.75) is 13.0 Å². The highest BCUT2D eigenvalue weighted by molar-refractivity contribution is 5.55. The summed E-state index contributed by atoms with van der Waals surface area (Å²) in [6.07, 6.45) is 0.996. The Kier molecular flexibility index (Phi) is 8.57. The number of ether oxygens (including phenoxy) is 3. The van der Waals surface area contributed by atoms with Gasteiger partial charge in [0.1, 0.15) is 0 Å². The fourth-order valence-electron chi connectivity index (χ4n) is 2.07. The summed E-state index contributed by atoms with van der Waals surface area (Å²) in [7, 11) is 4.83. The molecule has 1 rings (SSSR count). The lowest BCUT2D eigenvalue weighted by Crippen LogP contribution is -2.24. The van der Waals surface area contributed by atoms with E-state index in [1.807, 2.05) is 12.1 Å². The molecule has 0 saturated carbocycles. The second-order valence-electron chi connectivity index (χ2n) is 4.50. The first-order valence-corrected chi connectivity index (χ1v) is 7.08. The van der Waals surface area contributed by atoms with Crippen LogP contribution in [0.3, 0.4) is 0 Å². The first-order valence-electron chi connectivity index (χ1n) is 7.08. The molecule has 0 bridgehead atoms. The molecule has 0 fully saturated rings. The molecule has 0 heterocycles. The van der Waals surface area contributed by atoms with E-state index in [-0.39, 0.29) is 6.61 Å². The van der Waals surface area contributed by atoms with Crippen LogP contribution in [0.4, 0.5) is 0 Å². The maximum Gasteiger partial charge on any atom is 0.203 e. The molecule has 0 aliphatic carbocycles. The molecule has 6 heteroatoms. The van der Waals surface area contributed by atoms with Crippen molar-refractivity contribution < 1.29 is 19.3 Å². The van der Waals surface area contributed by atoms with Crippen LogP contribution in [0, 0.1) is 0 Å². The number of nitrogens with one attached hydrogen (secondary N) is 2. The SMILES string of the molecule is COc1ccc(CNCCCNCCO)c(OC)c1OC. The molecule has 0 aliphatic rings. The van der Waals surface area contributed by atoms with E-state index in [9.17, 15) is 0 Å².